The molecule has 0 saturated heterocycles. The summed E-state index contributed by atoms with van der Waals surface area (Å²) in [6.45, 7) is 2.26. The van der Waals surface area contributed by atoms with Gasteiger partial charge >= 0.3 is 0 Å². The van der Waals surface area contributed by atoms with Crippen LogP contribution in [0.15, 0.2) is 0 Å². The highest BCUT2D eigenvalue weighted by atomic mass is 16.5. The highest BCUT2D eigenvalue weighted by Crippen LogP contribution is 2.29. The van der Waals surface area contributed by atoms with Crippen LogP contribution in [0.5, 0.6) is 0 Å². The van der Waals surface area contributed by atoms with Crippen molar-refractivity contribution in [3.8, 4) is 0 Å². The van der Waals surface area contributed by atoms with E-state index in [1.54, 1.807) is 0 Å². The second-order valence-electron chi connectivity index (χ2n) is 5.97. The number of nitrogens with two attached hydrogens (primary N) is 1. The van der Waals surface area contributed by atoms with E-state index >= 15 is 0 Å². The molecule has 1 rings (SSSR count). The quantitative estimate of drug-likeness (QED) is 0.624. The molecule has 0 heterocycles. The third-order valence-corrected chi connectivity index (χ3v) is 4.45. The number of unbranched alkanes of at least 4 members (excludes halogenated alkanes) is 4. The Kier molecular flexibility index (Phi) is 8.70. The Morgan fingerprint density at radius 3 is 2.33 bits per heavy atom. The minimum atomic E-state index is 0.250. The van der Waals surface area contributed by atoms with Crippen LogP contribution in [-0.2, 0) is 4.74 Å². The van der Waals surface area contributed by atoms with Crippen molar-refractivity contribution in [1.29, 1.82) is 0 Å². The van der Waals surface area contributed by atoms with E-state index < -0.39 is 0 Å². The van der Waals surface area contributed by atoms with Crippen LogP contribution >= 0.6 is 0 Å². The first-order valence-electron chi connectivity index (χ1n) is 8.08. The lowest BCUT2D eigenvalue weighted by Crippen LogP contribution is -2.42. The molecular formula is C16H33NO. The first-order valence-corrected chi connectivity index (χ1v) is 8.08. The lowest BCUT2D eigenvalue weighted by molar-refractivity contribution is 0.0153. The molecule has 2 unspecified atom stereocenters. The summed E-state index contributed by atoms with van der Waals surface area (Å²) < 4.78 is 5.70. The Morgan fingerprint density at radius 1 is 1.06 bits per heavy atom. The van der Waals surface area contributed by atoms with Gasteiger partial charge in [-0.25, -0.2) is 0 Å². The molecule has 0 radical (unpaired) electrons. The van der Waals surface area contributed by atoms with E-state index in [1.165, 1.54) is 64.2 Å². The molecule has 2 heteroatoms. The molecule has 0 aromatic carbocycles. The van der Waals surface area contributed by atoms with E-state index in [9.17, 15) is 0 Å². The molecule has 2 atom stereocenters. The van der Waals surface area contributed by atoms with E-state index in [1.807, 2.05) is 7.11 Å². The molecule has 2 nitrogen and oxygen atoms in total. The molecule has 0 aromatic rings. The molecule has 2 N–H and O–H groups in total. The van der Waals surface area contributed by atoms with Crippen molar-refractivity contribution in [3.05, 3.63) is 0 Å². The van der Waals surface area contributed by atoms with E-state index in [0.29, 0.717) is 6.10 Å². The van der Waals surface area contributed by atoms with Gasteiger partial charge in [0.15, 0.2) is 0 Å². The van der Waals surface area contributed by atoms with Crippen molar-refractivity contribution in [2.75, 3.05) is 7.11 Å². The Balaban J connectivity index is 2.21. The van der Waals surface area contributed by atoms with Gasteiger partial charge in [-0.15, -0.1) is 0 Å². The minimum Gasteiger partial charge on any atom is -0.380 e. The van der Waals surface area contributed by atoms with Crippen molar-refractivity contribution in [2.24, 2.45) is 11.7 Å². The van der Waals surface area contributed by atoms with Gasteiger partial charge in [0.1, 0.15) is 0 Å². The molecular weight excluding hydrogens is 222 g/mol. The van der Waals surface area contributed by atoms with Crippen molar-refractivity contribution in [3.63, 3.8) is 0 Å². The fourth-order valence-corrected chi connectivity index (χ4v) is 3.33. The van der Waals surface area contributed by atoms with Gasteiger partial charge in [-0.2, -0.15) is 0 Å². The van der Waals surface area contributed by atoms with Crippen LogP contribution in [0.1, 0.15) is 77.6 Å². The van der Waals surface area contributed by atoms with Gasteiger partial charge in [0, 0.05) is 13.2 Å². The van der Waals surface area contributed by atoms with Gasteiger partial charge in [0.25, 0.3) is 0 Å². The van der Waals surface area contributed by atoms with Crippen LogP contribution in [0.2, 0.25) is 0 Å². The second kappa shape index (κ2) is 9.80. The zero-order valence-electron chi connectivity index (χ0n) is 12.5. The second-order valence-corrected chi connectivity index (χ2v) is 5.97. The van der Waals surface area contributed by atoms with Crippen LogP contribution in [0, 0.1) is 5.92 Å². The third kappa shape index (κ3) is 5.71. The maximum Gasteiger partial charge on any atom is 0.0750 e. The predicted molar refractivity (Wildman–Crippen MR) is 78.7 cm³/mol. The van der Waals surface area contributed by atoms with Gasteiger partial charge in [-0.1, -0.05) is 58.3 Å². The molecule has 1 fully saturated rings. The minimum absolute atomic E-state index is 0.250. The number of hydrogen-bond donors (Lipinski definition) is 1. The van der Waals surface area contributed by atoms with Gasteiger partial charge in [-0.05, 0) is 25.2 Å². The summed E-state index contributed by atoms with van der Waals surface area (Å²) in [5.41, 5.74) is 6.35. The van der Waals surface area contributed by atoms with Crippen molar-refractivity contribution in [1.82, 2.24) is 0 Å². The summed E-state index contributed by atoms with van der Waals surface area (Å²) in [7, 11) is 1.84. The Hall–Kier alpha value is -0.0800. The van der Waals surface area contributed by atoms with Crippen LogP contribution in [0.4, 0.5) is 0 Å². The predicted octanol–water partition coefficient (Wildman–Crippen LogP) is 4.27. The highest BCUT2D eigenvalue weighted by Gasteiger charge is 2.28. The number of rotatable bonds is 9. The number of methoxy groups -OCH3 is 1. The van der Waals surface area contributed by atoms with Crippen molar-refractivity contribution in [2.45, 2.75) is 89.7 Å². The molecule has 18 heavy (non-hydrogen) atoms. The maximum atomic E-state index is 6.35. The maximum absolute atomic E-state index is 6.35. The van der Waals surface area contributed by atoms with Crippen molar-refractivity contribution < 1.29 is 4.74 Å². The molecule has 1 saturated carbocycles. The highest BCUT2D eigenvalue weighted by molar-refractivity contribution is 4.82. The largest absolute Gasteiger partial charge is 0.380 e. The molecule has 0 aliphatic heterocycles. The smallest absolute Gasteiger partial charge is 0.0750 e. The Labute approximate surface area is 114 Å². The van der Waals surface area contributed by atoms with E-state index in [-0.39, 0.29) is 6.04 Å². The standard InChI is InChI=1S/C16H33NO/c1-3-4-5-6-10-13-15(17)16(18-2)14-11-8-7-9-12-14/h14-16H,3-13,17H2,1-2H3. The van der Waals surface area contributed by atoms with Gasteiger partial charge < -0.3 is 10.5 Å². The Bertz CT molecular complexity index is 190. The summed E-state index contributed by atoms with van der Waals surface area (Å²) in [5.74, 6) is 0.717. The molecule has 0 bridgehead atoms. The summed E-state index contributed by atoms with van der Waals surface area (Å²) in [4.78, 5) is 0. The lowest BCUT2D eigenvalue weighted by Gasteiger charge is -2.33. The lowest BCUT2D eigenvalue weighted by atomic mass is 9.81. The van der Waals surface area contributed by atoms with E-state index in [0.717, 1.165) is 12.3 Å². The zero-order valence-corrected chi connectivity index (χ0v) is 12.5. The molecule has 108 valence electrons. The van der Waals surface area contributed by atoms with E-state index in [4.69, 9.17) is 10.5 Å². The summed E-state index contributed by atoms with van der Waals surface area (Å²) in [6.07, 6.45) is 14.9. The SMILES string of the molecule is CCCCCCCC(N)C(OC)C1CCCCC1. The van der Waals surface area contributed by atoms with Gasteiger partial charge in [0.05, 0.1) is 6.10 Å². The molecule has 0 spiro atoms. The normalized spacial score (nSPS) is 20.8. The fourth-order valence-electron chi connectivity index (χ4n) is 3.33. The van der Waals surface area contributed by atoms with Crippen molar-refractivity contribution >= 4 is 0 Å². The fraction of sp³-hybridized carbons (Fsp3) is 1.00. The van der Waals surface area contributed by atoms with Gasteiger partial charge in [0.2, 0.25) is 0 Å². The van der Waals surface area contributed by atoms with Crippen LogP contribution in [0.25, 0.3) is 0 Å². The average Bonchev–Trinajstić information content (AvgIpc) is 2.40. The van der Waals surface area contributed by atoms with E-state index in [2.05, 4.69) is 6.92 Å². The third-order valence-electron chi connectivity index (χ3n) is 4.45. The zero-order chi connectivity index (χ0) is 13.2. The van der Waals surface area contributed by atoms with Crippen LogP contribution in [-0.4, -0.2) is 19.3 Å². The van der Waals surface area contributed by atoms with Gasteiger partial charge in [-0.3, -0.25) is 0 Å². The number of ether oxygens (including phenoxy) is 1. The first kappa shape index (κ1) is 16.0. The van der Waals surface area contributed by atoms with Crippen LogP contribution < -0.4 is 5.73 Å². The Morgan fingerprint density at radius 2 is 1.72 bits per heavy atom. The molecule has 1 aliphatic carbocycles. The molecule has 1 aliphatic rings. The average molecular weight is 255 g/mol. The molecule has 0 amide bonds. The number of hydrogen-bond acceptors (Lipinski definition) is 2. The first-order chi connectivity index (χ1) is 8.79. The summed E-state index contributed by atoms with van der Waals surface area (Å²) >= 11 is 0. The molecule has 0 aromatic heterocycles. The summed E-state index contributed by atoms with van der Waals surface area (Å²) in [6, 6.07) is 0.250. The van der Waals surface area contributed by atoms with Crippen LogP contribution in [0.3, 0.4) is 0 Å². The monoisotopic (exact) mass is 255 g/mol. The topological polar surface area (TPSA) is 35.2 Å². The summed E-state index contributed by atoms with van der Waals surface area (Å²) in [5, 5.41) is 0.